The summed E-state index contributed by atoms with van der Waals surface area (Å²) in [6.45, 7) is 11.7. The second-order valence-electron chi connectivity index (χ2n) is 8.43. The minimum Gasteiger partial charge on any atom is -0.367 e. The highest BCUT2D eigenvalue weighted by molar-refractivity contribution is 5.55. The maximum Gasteiger partial charge on any atom is 0.0414 e. The number of rotatable bonds is 1. The van der Waals surface area contributed by atoms with Gasteiger partial charge in [-0.15, -0.1) is 0 Å². The van der Waals surface area contributed by atoms with Crippen molar-refractivity contribution in [1.29, 1.82) is 0 Å². The molecule has 1 aliphatic heterocycles. The van der Waals surface area contributed by atoms with Gasteiger partial charge in [0.25, 0.3) is 0 Å². The molecule has 1 aliphatic carbocycles. The lowest BCUT2D eigenvalue weighted by atomic mass is 9.71. The zero-order valence-corrected chi connectivity index (χ0v) is 14.7. The minimum absolute atomic E-state index is 0.469. The van der Waals surface area contributed by atoms with Crippen LogP contribution in [0.5, 0.6) is 0 Å². The van der Waals surface area contributed by atoms with Crippen LogP contribution in [0.25, 0.3) is 0 Å². The zero-order chi connectivity index (χ0) is 15.7. The van der Waals surface area contributed by atoms with Crippen molar-refractivity contribution in [2.45, 2.75) is 72.0 Å². The second kappa shape index (κ2) is 6.23. The molecule has 22 heavy (non-hydrogen) atoms. The summed E-state index contributed by atoms with van der Waals surface area (Å²) in [5.74, 6) is 0.890. The average molecular weight is 300 g/mol. The molecule has 1 aromatic rings. The lowest BCUT2D eigenvalue weighted by Crippen LogP contribution is -2.44. The Balaban J connectivity index is 1.77. The van der Waals surface area contributed by atoms with Crippen LogP contribution in [0.2, 0.25) is 0 Å². The fourth-order valence-electron chi connectivity index (χ4n) is 4.28. The summed E-state index contributed by atoms with van der Waals surface area (Å²) in [5, 5.41) is 3.66. The van der Waals surface area contributed by atoms with E-state index in [2.05, 4.69) is 62.2 Å². The van der Waals surface area contributed by atoms with E-state index in [1.54, 1.807) is 0 Å². The molecule has 1 fully saturated rings. The Hall–Kier alpha value is -1.02. The van der Waals surface area contributed by atoms with E-state index in [-0.39, 0.29) is 0 Å². The first-order chi connectivity index (χ1) is 10.4. The first kappa shape index (κ1) is 15.9. The highest BCUT2D eigenvalue weighted by atomic mass is 15.2. The molecule has 0 bridgehead atoms. The van der Waals surface area contributed by atoms with E-state index in [0.29, 0.717) is 11.5 Å². The topological polar surface area (TPSA) is 15.3 Å². The predicted molar refractivity (Wildman–Crippen MR) is 95.3 cm³/mol. The summed E-state index contributed by atoms with van der Waals surface area (Å²) in [6.07, 6.45) is 5.47. The molecule has 2 nitrogen and oxygen atoms in total. The van der Waals surface area contributed by atoms with Crippen LogP contribution in [-0.2, 0) is 6.54 Å². The van der Waals surface area contributed by atoms with Crippen LogP contribution in [0.4, 0.5) is 5.69 Å². The number of hydrogen-bond acceptors (Lipinski definition) is 2. The van der Waals surface area contributed by atoms with Gasteiger partial charge in [0.15, 0.2) is 0 Å². The third kappa shape index (κ3) is 3.32. The van der Waals surface area contributed by atoms with E-state index in [9.17, 15) is 0 Å². The minimum atomic E-state index is 0.469. The Morgan fingerprint density at radius 1 is 1.05 bits per heavy atom. The fourth-order valence-corrected chi connectivity index (χ4v) is 4.28. The molecule has 1 atom stereocenters. The molecule has 0 radical (unpaired) electrons. The van der Waals surface area contributed by atoms with Crippen molar-refractivity contribution in [1.82, 2.24) is 5.32 Å². The van der Waals surface area contributed by atoms with E-state index in [1.165, 1.54) is 36.9 Å². The van der Waals surface area contributed by atoms with Gasteiger partial charge in [-0.3, -0.25) is 0 Å². The molecule has 1 aromatic carbocycles. The molecule has 1 unspecified atom stereocenters. The van der Waals surface area contributed by atoms with Crippen LogP contribution in [0, 0.1) is 11.3 Å². The molecule has 2 aliphatic rings. The molecule has 2 heteroatoms. The number of nitrogens with one attached hydrogen (secondary N) is 1. The van der Waals surface area contributed by atoms with Crippen molar-refractivity contribution in [3.05, 3.63) is 29.8 Å². The van der Waals surface area contributed by atoms with Crippen molar-refractivity contribution in [2.24, 2.45) is 11.3 Å². The van der Waals surface area contributed by atoms with Crippen molar-refractivity contribution in [3.63, 3.8) is 0 Å². The van der Waals surface area contributed by atoms with Crippen molar-refractivity contribution >= 4 is 5.69 Å². The summed E-state index contributed by atoms with van der Waals surface area (Å²) < 4.78 is 0. The van der Waals surface area contributed by atoms with Crippen LogP contribution in [-0.4, -0.2) is 18.6 Å². The molecule has 1 N–H and O–H groups in total. The SMILES string of the molecule is CC1CN(C2CCC(C(C)(C)C)CC2)c2ccccc2CN1. The van der Waals surface area contributed by atoms with Crippen LogP contribution in [0.1, 0.15) is 58.9 Å². The lowest BCUT2D eigenvalue weighted by molar-refractivity contribution is 0.167. The molecule has 0 saturated heterocycles. The zero-order valence-electron chi connectivity index (χ0n) is 14.7. The van der Waals surface area contributed by atoms with Gasteiger partial charge in [0.1, 0.15) is 0 Å². The number of para-hydroxylation sites is 1. The smallest absolute Gasteiger partial charge is 0.0414 e. The maximum atomic E-state index is 3.66. The van der Waals surface area contributed by atoms with E-state index >= 15 is 0 Å². The summed E-state index contributed by atoms with van der Waals surface area (Å²) in [7, 11) is 0. The van der Waals surface area contributed by atoms with Gasteiger partial charge in [-0.05, 0) is 55.6 Å². The number of hydrogen-bond donors (Lipinski definition) is 1. The molecular formula is C20H32N2. The van der Waals surface area contributed by atoms with E-state index in [1.807, 2.05) is 0 Å². The van der Waals surface area contributed by atoms with Crippen LogP contribution >= 0.6 is 0 Å². The fraction of sp³-hybridized carbons (Fsp3) is 0.700. The Bertz CT molecular complexity index is 495. The molecule has 122 valence electrons. The van der Waals surface area contributed by atoms with Gasteiger partial charge in [-0.2, -0.15) is 0 Å². The van der Waals surface area contributed by atoms with Gasteiger partial charge in [0, 0.05) is 30.9 Å². The number of anilines is 1. The van der Waals surface area contributed by atoms with Gasteiger partial charge >= 0.3 is 0 Å². The van der Waals surface area contributed by atoms with Crippen LogP contribution < -0.4 is 10.2 Å². The van der Waals surface area contributed by atoms with Gasteiger partial charge < -0.3 is 10.2 Å². The Kier molecular flexibility index (Phi) is 4.49. The first-order valence-corrected chi connectivity index (χ1v) is 9.03. The van der Waals surface area contributed by atoms with Crippen LogP contribution in [0.15, 0.2) is 24.3 Å². The monoisotopic (exact) mass is 300 g/mol. The maximum absolute atomic E-state index is 3.66. The molecule has 0 amide bonds. The third-order valence-corrected chi connectivity index (χ3v) is 5.77. The van der Waals surface area contributed by atoms with E-state index in [4.69, 9.17) is 0 Å². The predicted octanol–water partition coefficient (Wildman–Crippen LogP) is 4.59. The summed E-state index contributed by atoms with van der Waals surface area (Å²) in [4.78, 5) is 2.71. The Morgan fingerprint density at radius 2 is 1.73 bits per heavy atom. The van der Waals surface area contributed by atoms with Crippen molar-refractivity contribution < 1.29 is 0 Å². The van der Waals surface area contributed by atoms with Crippen molar-refractivity contribution in [3.8, 4) is 0 Å². The van der Waals surface area contributed by atoms with E-state index in [0.717, 1.165) is 25.0 Å². The second-order valence-corrected chi connectivity index (χ2v) is 8.43. The van der Waals surface area contributed by atoms with Gasteiger partial charge in [0.2, 0.25) is 0 Å². The standard InChI is InChI=1S/C20H32N2/c1-15-14-22(19-8-6-5-7-16(19)13-21-15)18-11-9-17(10-12-18)20(2,3)4/h5-8,15,17-18,21H,9-14H2,1-4H3. The Labute approximate surface area is 136 Å². The third-order valence-electron chi connectivity index (χ3n) is 5.77. The Morgan fingerprint density at radius 3 is 2.41 bits per heavy atom. The number of fused-ring (bicyclic) bond motifs is 1. The molecule has 0 aromatic heterocycles. The van der Waals surface area contributed by atoms with Crippen molar-refractivity contribution in [2.75, 3.05) is 11.4 Å². The van der Waals surface area contributed by atoms with E-state index < -0.39 is 0 Å². The quantitative estimate of drug-likeness (QED) is 0.816. The van der Waals surface area contributed by atoms with Gasteiger partial charge in [-0.1, -0.05) is 39.0 Å². The normalized spacial score (nSPS) is 29.8. The van der Waals surface area contributed by atoms with Gasteiger partial charge in [-0.25, -0.2) is 0 Å². The molecule has 1 heterocycles. The summed E-state index contributed by atoms with van der Waals surface area (Å²) >= 11 is 0. The molecule has 0 spiro atoms. The highest BCUT2D eigenvalue weighted by Gasteiger charge is 2.33. The largest absolute Gasteiger partial charge is 0.367 e. The highest BCUT2D eigenvalue weighted by Crippen LogP contribution is 2.40. The summed E-state index contributed by atoms with van der Waals surface area (Å²) in [6, 6.07) is 10.3. The molecular weight excluding hydrogens is 268 g/mol. The van der Waals surface area contributed by atoms with Gasteiger partial charge in [0.05, 0.1) is 0 Å². The average Bonchev–Trinajstić information content (AvgIpc) is 2.66. The number of benzene rings is 1. The number of nitrogens with zero attached hydrogens (tertiary/aromatic N) is 1. The lowest BCUT2D eigenvalue weighted by Gasteiger charge is -2.42. The van der Waals surface area contributed by atoms with Crippen LogP contribution in [0.3, 0.4) is 0 Å². The summed E-state index contributed by atoms with van der Waals surface area (Å²) in [5.41, 5.74) is 3.40. The molecule has 3 rings (SSSR count). The molecule has 1 saturated carbocycles. The first-order valence-electron chi connectivity index (χ1n) is 9.03.